The van der Waals surface area contributed by atoms with Crippen LogP contribution < -0.4 is 0 Å². The lowest BCUT2D eigenvalue weighted by molar-refractivity contribution is -0.123. The first-order valence-corrected chi connectivity index (χ1v) is 4.03. The molecule has 1 aromatic heterocycles. The van der Waals surface area contributed by atoms with Gasteiger partial charge in [-0.15, -0.1) is 0 Å². The number of esters is 1. The summed E-state index contributed by atoms with van der Waals surface area (Å²) in [5, 5.41) is 0.749. The molecule has 0 aliphatic heterocycles. The molecule has 2 rings (SSSR count). The fraction of sp³-hybridized carbons (Fsp3) is 0. The van der Waals surface area contributed by atoms with Gasteiger partial charge in [0.25, 0.3) is 0 Å². The number of aromatic nitrogens is 1. The van der Waals surface area contributed by atoms with Crippen LogP contribution >= 0.6 is 0 Å². The van der Waals surface area contributed by atoms with Gasteiger partial charge in [0.15, 0.2) is 0 Å². The van der Waals surface area contributed by atoms with Crippen LogP contribution in [0.15, 0.2) is 30.5 Å². The lowest BCUT2D eigenvalue weighted by Gasteiger charge is -1.93. The Bertz CT molecular complexity index is 487. The molecular weight excluding hydrogens is 182 g/mol. The Morgan fingerprint density at radius 3 is 2.93 bits per heavy atom. The third-order valence-electron chi connectivity index (χ3n) is 1.96. The Balaban J connectivity index is 2.52. The molecular formula is C10H7NO3. The Labute approximate surface area is 79.5 Å². The van der Waals surface area contributed by atoms with Crippen molar-refractivity contribution >= 4 is 23.3 Å². The zero-order valence-corrected chi connectivity index (χ0v) is 7.19. The van der Waals surface area contributed by atoms with E-state index in [4.69, 9.17) is 0 Å². The molecule has 0 saturated carbocycles. The topological polar surface area (TPSA) is 59.2 Å². The van der Waals surface area contributed by atoms with Crippen LogP contribution in [0.2, 0.25) is 0 Å². The Kier molecular flexibility index (Phi) is 2.02. The summed E-state index contributed by atoms with van der Waals surface area (Å²) < 4.78 is 4.25. The highest BCUT2D eigenvalue weighted by molar-refractivity contribution is 6.05. The van der Waals surface area contributed by atoms with Crippen LogP contribution in [0.4, 0.5) is 0 Å². The van der Waals surface area contributed by atoms with Gasteiger partial charge in [0.05, 0.1) is 5.56 Å². The summed E-state index contributed by atoms with van der Waals surface area (Å²) in [5.41, 5.74) is 1.21. The van der Waals surface area contributed by atoms with Crippen molar-refractivity contribution in [1.82, 2.24) is 4.98 Å². The van der Waals surface area contributed by atoms with Gasteiger partial charge in [-0.2, -0.15) is 0 Å². The van der Waals surface area contributed by atoms with Crippen molar-refractivity contribution in [3.63, 3.8) is 0 Å². The van der Waals surface area contributed by atoms with E-state index in [2.05, 4.69) is 9.72 Å². The number of H-pyrrole nitrogens is 1. The first kappa shape index (κ1) is 8.50. The number of carbonyl (C=O) groups is 2. The minimum atomic E-state index is -0.641. The first-order valence-electron chi connectivity index (χ1n) is 4.03. The van der Waals surface area contributed by atoms with Crippen molar-refractivity contribution in [2.24, 2.45) is 0 Å². The fourth-order valence-electron chi connectivity index (χ4n) is 1.35. The molecule has 2 aromatic rings. The fourth-order valence-corrected chi connectivity index (χ4v) is 1.35. The van der Waals surface area contributed by atoms with Crippen LogP contribution in [-0.4, -0.2) is 17.4 Å². The SMILES string of the molecule is O=COC(=O)c1c[nH]c2ccccc12. The predicted molar refractivity (Wildman–Crippen MR) is 49.8 cm³/mol. The number of hydrogen-bond donors (Lipinski definition) is 1. The summed E-state index contributed by atoms with van der Waals surface area (Å²) in [5.74, 6) is -0.641. The van der Waals surface area contributed by atoms with Gasteiger partial charge < -0.3 is 9.72 Å². The maximum atomic E-state index is 11.2. The van der Waals surface area contributed by atoms with E-state index < -0.39 is 5.97 Å². The monoisotopic (exact) mass is 189 g/mol. The lowest BCUT2D eigenvalue weighted by Crippen LogP contribution is -2.01. The number of para-hydroxylation sites is 1. The number of carbonyl (C=O) groups excluding carboxylic acids is 2. The van der Waals surface area contributed by atoms with E-state index >= 15 is 0 Å². The molecule has 0 bridgehead atoms. The Morgan fingerprint density at radius 2 is 2.14 bits per heavy atom. The lowest BCUT2D eigenvalue weighted by atomic mass is 10.2. The summed E-state index contributed by atoms with van der Waals surface area (Å²) in [4.78, 5) is 24.2. The first-order chi connectivity index (χ1) is 6.83. The second-order valence-electron chi connectivity index (χ2n) is 2.75. The number of benzene rings is 1. The van der Waals surface area contributed by atoms with Crippen LogP contribution in [0, 0.1) is 0 Å². The van der Waals surface area contributed by atoms with Gasteiger partial charge in [-0.3, -0.25) is 4.79 Å². The third-order valence-corrected chi connectivity index (χ3v) is 1.96. The molecule has 0 radical (unpaired) electrons. The normalized spacial score (nSPS) is 10.0. The van der Waals surface area contributed by atoms with Crippen molar-refractivity contribution in [2.75, 3.05) is 0 Å². The molecule has 0 aliphatic rings. The highest BCUT2D eigenvalue weighted by atomic mass is 16.6. The van der Waals surface area contributed by atoms with Crippen molar-refractivity contribution in [3.8, 4) is 0 Å². The highest BCUT2D eigenvalue weighted by Crippen LogP contribution is 2.17. The summed E-state index contributed by atoms with van der Waals surface area (Å²) in [7, 11) is 0. The summed E-state index contributed by atoms with van der Waals surface area (Å²) >= 11 is 0. The molecule has 0 atom stereocenters. The van der Waals surface area contributed by atoms with Crippen LogP contribution in [0.1, 0.15) is 10.4 Å². The van der Waals surface area contributed by atoms with Crippen molar-refractivity contribution < 1.29 is 14.3 Å². The van der Waals surface area contributed by atoms with E-state index in [-0.39, 0.29) is 6.47 Å². The molecule has 0 saturated heterocycles. The quantitative estimate of drug-likeness (QED) is 0.442. The molecule has 4 nitrogen and oxygen atoms in total. The van der Waals surface area contributed by atoms with Gasteiger partial charge in [0.1, 0.15) is 0 Å². The second-order valence-corrected chi connectivity index (χ2v) is 2.75. The van der Waals surface area contributed by atoms with Crippen molar-refractivity contribution in [1.29, 1.82) is 0 Å². The molecule has 1 aromatic carbocycles. The minimum Gasteiger partial charge on any atom is -0.392 e. The van der Waals surface area contributed by atoms with Crippen LogP contribution in [0.5, 0.6) is 0 Å². The summed E-state index contributed by atoms with van der Waals surface area (Å²) in [6.45, 7) is 0.129. The number of nitrogens with one attached hydrogen (secondary N) is 1. The molecule has 0 aliphatic carbocycles. The molecule has 1 heterocycles. The van der Waals surface area contributed by atoms with Crippen molar-refractivity contribution in [3.05, 3.63) is 36.0 Å². The van der Waals surface area contributed by atoms with Gasteiger partial charge >= 0.3 is 12.4 Å². The number of hydrogen-bond acceptors (Lipinski definition) is 3. The van der Waals surface area contributed by atoms with E-state index in [0.29, 0.717) is 5.56 Å². The molecule has 14 heavy (non-hydrogen) atoms. The second kappa shape index (κ2) is 3.33. The zero-order chi connectivity index (χ0) is 9.97. The molecule has 70 valence electrons. The molecule has 0 spiro atoms. The van der Waals surface area contributed by atoms with Gasteiger partial charge in [-0.05, 0) is 6.07 Å². The average Bonchev–Trinajstić information content (AvgIpc) is 2.61. The molecule has 1 N–H and O–H groups in total. The Morgan fingerprint density at radius 1 is 1.36 bits per heavy atom. The number of fused-ring (bicyclic) bond motifs is 1. The maximum absolute atomic E-state index is 11.2. The minimum absolute atomic E-state index is 0.129. The zero-order valence-electron chi connectivity index (χ0n) is 7.19. The number of rotatable bonds is 2. The summed E-state index contributed by atoms with van der Waals surface area (Å²) in [6.07, 6.45) is 1.52. The highest BCUT2D eigenvalue weighted by Gasteiger charge is 2.11. The number of ether oxygens (including phenoxy) is 1. The van der Waals surface area contributed by atoms with E-state index in [1.165, 1.54) is 6.20 Å². The maximum Gasteiger partial charge on any atom is 0.347 e. The van der Waals surface area contributed by atoms with Crippen LogP contribution in [-0.2, 0) is 9.53 Å². The van der Waals surface area contributed by atoms with Gasteiger partial charge in [-0.25, -0.2) is 4.79 Å². The van der Waals surface area contributed by atoms with Crippen LogP contribution in [0.25, 0.3) is 10.9 Å². The largest absolute Gasteiger partial charge is 0.392 e. The molecule has 0 unspecified atom stereocenters. The van der Waals surface area contributed by atoms with E-state index in [0.717, 1.165) is 10.9 Å². The molecule has 0 amide bonds. The summed E-state index contributed by atoms with van der Waals surface area (Å²) in [6, 6.07) is 7.29. The van der Waals surface area contributed by atoms with E-state index in [1.807, 2.05) is 18.2 Å². The van der Waals surface area contributed by atoms with Crippen molar-refractivity contribution in [2.45, 2.75) is 0 Å². The van der Waals surface area contributed by atoms with Crippen LogP contribution in [0.3, 0.4) is 0 Å². The third kappa shape index (κ3) is 1.26. The molecule has 4 heteroatoms. The van der Waals surface area contributed by atoms with E-state index in [9.17, 15) is 9.59 Å². The predicted octanol–water partition coefficient (Wildman–Crippen LogP) is 1.48. The van der Waals surface area contributed by atoms with Gasteiger partial charge in [0, 0.05) is 17.1 Å². The van der Waals surface area contributed by atoms with E-state index in [1.54, 1.807) is 6.07 Å². The van der Waals surface area contributed by atoms with Gasteiger partial charge in [0.2, 0.25) is 0 Å². The molecule has 0 fully saturated rings. The Hall–Kier alpha value is -2.10. The number of aromatic amines is 1. The average molecular weight is 189 g/mol. The smallest absolute Gasteiger partial charge is 0.347 e. The van der Waals surface area contributed by atoms with Gasteiger partial charge in [-0.1, -0.05) is 18.2 Å². The standard InChI is InChI=1S/C10H7NO3/c12-6-14-10(13)8-5-11-9-4-2-1-3-7(8)9/h1-6,11H.